The number of anilines is 2. The number of aryl methyl sites for hydroxylation is 1. The summed E-state index contributed by atoms with van der Waals surface area (Å²) in [6.45, 7) is 5.78. The first kappa shape index (κ1) is 22.7. The summed E-state index contributed by atoms with van der Waals surface area (Å²) in [5, 5.41) is 3.10. The predicted molar refractivity (Wildman–Crippen MR) is 126 cm³/mol. The highest BCUT2D eigenvalue weighted by molar-refractivity contribution is 7.97. The Kier molecular flexibility index (Phi) is 7.62. The molecule has 0 unspecified atom stereocenters. The number of ether oxygens (including phenoxy) is 1. The molecular weight excluding hydrogens is 410 g/mol. The summed E-state index contributed by atoms with van der Waals surface area (Å²) in [5.41, 5.74) is 9.69. The zero-order chi connectivity index (χ0) is 22.3. The monoisotopic (exact) mass is 437 g/mol. The number of aldehydes is 1. The second kappa shape index (κ2) is 10.4. The third-order valence-corrected chi connectivity index (χ3v) is 5.79. The Bertz CT molecular complexity index is 1010. The normalized spacial score (nSPS) is 14.0. The van der Waals surface area contributed by atoms with Gasteiger partial charge in [0.15, 0.2) is 12.1 Å². The molecule has 0 saturated carbocycles. The molecule has 0 bridgehead atoms. The number of nitrogens with one attached hydrogen (secondary N) is 2. The number of carbonyl (C=O) groups excluding carboxylic acids is 1. The molecule has 1 aromatic heterocycles. The highest BCUT2D eigenvalue weighted by atomic mass is 32.2. The van der Waals surface area contributed by atoms with Gasteiger partial charge in [-0.05, 0) is 50.1 Å². The van der Waals surface area contributed by atoms with Gasteiger partial charge in [-0.3, -0.25) is 4.79 Å². The lowest BCUT2D eigenvalue weighted by Gasteiger charge is -2.38. The lowest BCUT2D eigenvalue weighted by atomic mass is 10.0. The largest absolute Gasteiger partial charge is 0.388 e. The summed E-state index contributed by atoms with van der Waals surface area (Å²) >= 11 is 1.66. The molecule has 1 aliphatic heterocycles. The van der Waals surface area contributed by atoms with Crippen LogP contribution >= 0.6 is 11.9 Å². The minimum absolute atomic E-state index is 0.145. The van der Waals surface area contributed by atoms with Crippen LogP contribution in [0.4, 0.5) is 11.5 Å². The van der Waals surface area contributed by atoms with E-state index in [1.807, 2.05) is 38.2 Å². The van der Waals surface area contributed by atoms with Gasteiger partial charge in [0.25, 0.3) is 0 Å². The number of hydrogen-bond donors (Lipinski definition) is 3. The highest BCUT2D eigenvalue weighted by Gasteiger charge is 2.32. The minimum atomic E-state index is 0.145. The molecule has 2 heterocycles. The van der Waals surface area contributed by atoms with E-state index in [1.165, 1.54) is 10.5 Å². The van der Waals surface area contributed by atoms with Crippen LogP contribution in [-0.4, -0.2) is 42.1 Å². The average molecular weight is 438 g/mol. The summed E-state index contributed by atoms with van der Waals surface area (Å²) < 4.78 is 8.60. The second-order valence-corrected chi connectivity index (χ2v) is 8.42. The Morgan fingerprint density at radius 2 is 1.81 bits per heavy atom. The van der Waals surface area contributed by atoms with Gasteiger partial charge in [-0.2, -0.15) is 0 Å². The first-order valence-electron chi connectivity index (χ1n) is 9.87. The fourth-order valence-corrected chi connectivity index (χ4v) is 3.46. The molecule has 4 rings (SSSR count). The fraction of sp³-hybridized carbons (Fsp3) is 0.261. The van der Waals surface area contributed by atoms with E-state index in [0.29, 0.717) is 12.0 Å². The van der Waals surface area contributed by atoms with Gasteiger partial charge in [0.2, 0.25) is 0 Å². The number of nitrogens with zero attached hydrogens (tertiary/aromatic N) is 2. The zero-order valence-corrected chi connectivity index (χ0v) is 18.7. The van der Waals surface area contributed by atoms with Gasteiger partial charge in [0.1, 0.15) is 5.69 Å². The van der Waals surface area contributed by atoms with Crippen molar-refractivity contribution >= 4 is 29.7 Å². The van der Waals surface area contributed by atoms with Crippen LogP contribution < -0.4 is 15.8 Å². The molecule has 1 saturated heterocycles. The van der Waals surface area contributed by atoms with Crippen molar-refractivity contribution in [3.63, 3.8) is 0 Å². The van der Waals surface area contributed by atoms with Crippen molar-refractivity contribution in [2.45, 2.75) is 24.3 Å². The topological polar surface area (TPSA) is 102 Å². The summed E-state index contributed by atoms with van der Waals surface area (Å²) in [6, 6.07) is 16.2. The molecule has 3 aromatic rings. The van der Waals surface area contributed by atoms with Gasteiger partial charge in [0, 0.05) is 23.2 Å². The molecule has 1 aliphatic rings. The lowest BCUT2D eigenvalue weighted by molar-refractivity contribution is -0.0510. The van der Waals surface area contributed by atoms with Crippen molar-refractivity contribution in [2.75, 3.05) is 31.3 Å². The van der Waals surface area contributed by atoms with Gasteiger partial charge in [-0.25, -0.2) is 14.7 Å². The van der Waals surface area contributed by atoms with E-state index in [0.717, 1.165) is 24.5 Å². The number of rotatable bonds is 6. The molecule has 0 amide bonds. The van der Waals surface area contributed by atoms with Gasteiger partial charge in [0.05, 0.1) is 30.6 Å². The summed E-state index contributed by atoms with van der Waals surface area (Å²) in [6.07, 6.45) is 2.17. The van der Waals surface area contributed by atoms with Crippen LogP contribution in [0.15, 0.2) is 59.6 Å². The van der Waals surface area contributed by atoms with Crippen LogP contribution in [0.3, 0.4) is 0 Å². The van der Waals surface area contributed by atoms with E-state index in [4.69, 9.17) is 10.5 Å². The third kappa shape index (κ3) is 6.27. The second-order valence-electron chi connectivity index (χ2n) is 7.54. The molecule has 1 fully saturated rings. The van der Waals surface area contributed by atoms with Crippen molar-refractivity contribution in [3.05, 3.63) is 66.0 Å². The Labute approximate surface area is 187 Å². The van der Waals surface area contributed by atoms with Gasteiger partial charge in [-0.15, -0.1) is 0 Å². The van der Waals surface area contributed by atoms with Crippen molar-refractivity contribution < 1.29 is 9.53 Å². The summed E-state index contributed by atoms with van der Waals surface area (Å²) in [4.78, 5) is 20.0. The first-order chi connectivity index (χ1) is 14.9. The maximum atomic E-state index is 10.7. The van der Waals surface area contributed by atoms with E-state index < -0.39 is 0 Å². The number of aromatic nitrogens is 2. The average Bonchev–Trinajstić information content (AvgIpc) is 2.78. The third-order valence-electron chi connectivity index (χ3n) is 4.69. The molecule has 0 spiro atoms. The van der Waals surface area contributed by atoms with E-state index in [-0.39, 0.29) is 17.1 Å². The maximum absolute atomic E-state index is 10.7. The molecule has 7 nitrogen and oxygen atoms in total. The van der Waals surface area contributed by atoms with Crippen molar-refractivity contribution in [1.82, 2.24) is 14.7 Å². The van der Waals surface area contributed by atoms with E-state index in [1.54, 1.807) is 18.1 Å². The first-order valence-corrected chi connectivity index (χ1v) is 10.7. The van der Waals surface area contributed by atoms with Crippen molar-refractivity contribution in [1.29, 1.82) is 0 Å². The number of hydrogen-bond acceptors (Lipinski definition) is 8. The Morgan fingerprint density at radius 1 is 1.13 bits per heavy atom. The molecule has 2 aromatic carbocycles. The quantitative estimate of drug-likeness (QED) is 0.393. The number of carbonyl (C=O) groups is 1. The highest BCUT2D eigenvalue weighted by Crippen LogP contribution is 2.24. The molecule has 31 heavy (non-hydrogen) atoms. The van der Waals surface area contributed by atoms with E-state index in [2.05, 4.69) is 51.2 Å². The smallest absolute Gasteiger partial charge is 0.172 e. The number of nitrogen functional groups attached to an aromatic ring is 1. The minimum Gasteiger partial charge on any atom is -0.388 e. The molecule has 162 valence electrons. The van der Waals surface area contributed by atoms with Crippen molar-refractivity contribution in [2.24, 2.45) is 0 Å². The fourth-order valence-electron chi connectivity index (χ4n) is 2.70. The van der Waals surface area contributed by atoms with E-state index in [9.17, 15) is 4.79 Å². The summed E-state index contributed by atoms with van der Waals surface area (Å²) in [7, 11) is 1.92. The zero-order valence-electron chi connectivity index (χ0n) is 17.9. The Balaban J connectivity index is 0.000000176. The summed E-state index contributed by atoms with van der Waals surface area (Å²) in [5.74, 6) is 0.158. The lowest BCUT2D eigenvalue weighted by Crippen LogP contribution is -2.55. The molecule has 0 atom stereocenters. The van der Waals surface area contributed by atoms with Crippen LogP contribution in [0.1, 0.15) is 23.0 Å². The molecule has 4 N–H and O–H groups in total. The van der Waals surface area contributed by atoms with E-state index >= 15 is 0 Å². The number of nitrogens with two attached hydrogens (primary N) is 1. The van der Waals surface area contributed by atoms with Gasteiger partial charge in [-0.1, -0.05) is 29.8 Å². The van der Waals surface area contributed by atoms with Crippen LogP contribution in [0.2, 0.25) is 0 Å². The SMILES string of the molecule is CNc1ccc(SNC2(C)COC2)cc1.Cc1ccc(-c2cnc(N)c(C=O)n2)cc1. The predicted octanol–water partition coefficient (Wildman–Crippen LogP) is 3.96. The van der Waals surface area contributed by atoms with Crippen molar-refractivity contribution in [3.8, 4) is 11.3 Å². The van der Waals surface area contributed by atoms with Crippen LogP contribution in [0.25, 0.3) is 11.3 Å². The van der Waals surface area contributed by atoms with Gasteiger partial charge >= 0.3 is 0 Å². The van der Waals surface area contributed by atoms with Crippen LogP contribution in [0, 0.1) is 6.92 Å². The maximum Gasteiger partial charge on any atom is 0.172 e. The molecule has 0 radical (unpaired) electrons. The molecule has 8 heteroatoms. The van der Waals surface area contributed by atoms with Crippen LogP contribution in [0.5, 0.6) is 0 Å². The standard InChI is InChI=1S/C12H11N3O.C11H16N2OS/c1-8-2-4-9(5-3-8)10-6-14-12(13)11(7-16)15-10;1-11(7-14-8-11)13-15-10-5-3-9(12-2)4-6-10/h2-7H,1H3,(H2,13,14);3-6,12-13H,7-8H2,1-2H3. The van der Waals surface area contributed by atoms with Crippen LogP contribution in [-0.2, 0) is 4.74 Å². The Morgan fingerprint density at radius 3 is 2.35 bits per heavy atom. The van der Waals surface area contributed by atoms with Gasteiger partial charge < -0.3 is 15.8 Å². The Hall–Kier alpha value is -2.94. The number of benzene rings is 2. The molecule has 0 aliphatic carbocycles. The molecular formula is C23H27N5O2S.